The van der Waals surface area contributed by atoms with Crippen LogP contribution in [0.3, 0.4) is 0 Å². The molecule has 2 rings (SSSR count). The van der Waals surface area contributed by atoms with Crippen molar-refractivity contribution in [3.63, 3.8) is 0 Å². The van der Waals surface area contributed by atoms with E-state index < -0.39 is 5.82 Å². The Hall–Kier alpha value is -1.10. The molecule has 0 aromatic heterocycles. The number of nitrogens with one attached hydrogen (secondary N) is 1. The van der Waals surface area contributed by atoms with E-state index in [9.17, 15) is 4.39 Å². The van der Waals surface area contributed by atoms with Gasteiger partial charge in [0.2, 0.25) is 0 Å². The van der Waals surface area contributed by atoms with Gasteiger partial charge >= 0.3 is 0 Å². The first-order valence-electron chi connectivity index (χ1n) is 6.61. The Labute approximate surface area is 137 Å². The third-order valence-electron chi connectivity index (χ3n) is 3.16. The summed E-state index contributed by atoms with van der Waals surface area (Å²) in [5.41, 5.74) is 1.81. The molecule has 2 aromatic rings. The lowest BCUT2D eigenvalue weighted by Gasteiger charge is -2.19. The molecule has 1 N–H and O–H groups in total. The molecule has 0 saturated heterocycles. The summed E-state index contributed by atoms with van der Waals surface area (Å²) in [6, 6.07) is 10.5. The van der Waals surface area contributed by atoms with Gasteiger partial charge in [0.25, 0.3) is 0 Å². The molecule has 0 aliphatic heterocycles. The SMILES string of the molecule is CCOc1ccc(C(NC)c2ccc(Cl)c(F)c2)c(Br)c1. The van der Waals surface area contributed by atoms with E-state index in [2.05, 4.69) is 21.2 Å². The van der Waals surface area contributed by atoms with Crippen LogP contribution < -0.4 is 10.1 Å². The number of ether oxygens (including phenoxy) is 1. The Bertz CT molecular complexity index is 636. The average molecular weight is 373 g/mol. The molecular weight excluding hydrogens is 357 g/mol. The maximum Gasteiger partial charge on any atom is 0.142 e. The van der Waals surface area contributed by atoms with Crippen molar-refractivity contribution in [2.24, 2.45) is 0 Å². The molecule has 5 heteroatoms. The van der Waals surface area contributed by atoms with Crippen molar-refractivity contribution in [1.82, 2.24) is 5.32 Å². The van der Waals surface area contributed by atoms with Crippen molar-refractivity contribution in [2.45, 2.75) is 13.0 Å². The summed E-state index contributed by atoms with van der Waals surface area (Å²) in [5.74, 6) is 0.377. The monoisotopic (exact) mass is 371 g/mol. The van der Waals surface area contributed by atoms with E-state index in [1.54, 1.807) is 6.07 Å². The minimum atomic E-state index is -0.420. The predicted octanol–water partition coefficient (Wildman–Crippen LogP) is 4.95. The third kappa shape index (κ3) is 3.76. The maximum atomic E-state index is 13.7. The number of benzene rings is 2. The van der Waals surface area contributed by atoms with Crippen molar-refractivity contribution in [3.8, 4) is 5.75 Å². The predicted molar refractivity (Wildman–Crippen MR) is 87.6 cm³/mol. The highest BCUT2D eigenvalue weighted by Crippen LogP contribution is 2.32. The van der Waals surface area contributed by atoms with Gasteiger partial charge in [-0.15, -0.1) is 0 Å². The Kier molecular flexibility index (Phi) is 5.62. The summed E-state index contributed by atoms with van der Waals surface area (Å²) < 4.78 is 20.0. The van der Waals surface area contributed by atoms with E-state index in [1.807, 2.05) is 38.2 Å². The topological polar surface area (TPSA) is 21.3 Å². The van der Waals surface area contributed by atoms with Crippen LogP contribution in [0, 0.1) is 5.82 Å². The summed E-state index contributed by atoms with van der Waals surface area (Å²) >= 11 is 9.29. The Morgan fingerprint density at radius 3 is 2.62 bits per heavy atom. The zero-order valence-corrected chi connectivity index (χ0v) is 14.1. The van der Waals surface area contributed by atoms with E-state index in [0.29, 0.717) is 6.61 Å². The van der Waals surface area contributed by atoms with E-state index in [-0.39, 0.29) is 11.1 Å². The molecule has 1 unspecified atom stereocenters. The third-order valence-corrected chi connectivity index (χ3v) is 4.15. The van der Waals surface area contributed by atoms with E-state index in [1.165, 1.54) is 6.07 Å². The standard InChI is InChI=1S/C16H16BrClFNO/c1-3-21-11-5-6-12(13(17)9-11)16(20-2)10-4-7-14(18)15(19)8-10/h4-9,16,20H,3H2,1-2H3. The molecule has 0 heterocycles. The fourth-order valence-corrected chi connectivity index (χ4v) is 2.90. The van der Waals surface area contributed by atoms with Crippen LogP contribution >= 0.6 is 27.5 Å². The van der Waals surface area contributed by atoms with Crippen LogP contribution in [-0.2, 0) is 0 Å². The molecule has 112 valence electrons. The number of halogens is 3. The van der Waals surface area contributed by atoms with Gasteiger partial charge < -0.3 is 10.1 Å². The number of hydrogen-bond donors (Lipinski definition) is 1. The average Bonchev–Trinajstić information content (AvgIpc) is 2.46. The van der Waals surface area contributed by atoms with Crippen LogP contribution in [0.2, 0.25) is 5.02 Å². The molecule has 0 saturated carbocycles. The number of rotatable bonds is 5. The van der Waals surface area contributed by atoms with Gasteiger partial charge in [-0.2, -0.15) is 0 Å². The van der Waals surface area contributed by atoms with Crippen molar-refractivity contribution in [2.75, 3.05) is 13.7 Å². The van der Waals surface area contributed by atoms with Gasteiger partial charge in [-0.3, -0.25) is 0 Å². The summed E-state index contributed by atoms with van der Waals surface area (Å²) in [4.78, 5) is 0. The molecule has 1 atom stereocenters. The molecule has 0 aliphatic carbocycles. The van der Waals surface area contributed by atoms with Gasteiger partial charge in [-0.1, -0.05) is 39.7 Å². The Morgan fingerprint density at radius 2 is 2.05 bits per heavy atom. The quantitative estimate of drug-likeness (QED) is 0.802. The zero-order chi connectivity index (χ0) is 15.4. The van der Waals surface area contributed by atoms with Crippen LogP contribution in [0.4, 0.5) is 4.39 Å². The molecule has 2 nitrogen and oxygen atoms in total. The largest absolute Gasteiger partial charge is 0.494 e. The first-order chi connectivity index (χ1) is 10.1. The van der Waals surface area contributed by atoms with Crippen LogP contribution in [0.25, 0.3) is 0 Å². The second kappa shape index (κ2) is 7.25. The molecular formula is C16H16BrClFNO. The van der Waals surface area contributed by atoms with Gasteiger partial charge in [0.1, 0.15) is 11.6 Å². The molecule has 0 amide bonds. The highest BCUT2D eigenvalue weighted by atomic mass is 79.9. The van der Waals surface area contributed by atoms with Crippen LogP contribution in [0.5, 0.6) is 5.75 Å². The number of hydrogen-bond acceptors (Lipinski definition) is 2. The highest BCUT2D eigenvalue weighted by molar-refractivity contribution is 9.10. The molecule has 0 fully saturated rings. The first kappa shape index (κ1) is 16.3. The summed E-state index contributed by atoms with van der Waals surface area (Å²) in [6.07, 6.45) is 0. The van der Waals surface area contributed by atoms with Gasteiger partial charge in [-0.25, -0.2) is 4.39 Å². The lowest BCUT2D eigenvalue weighted by Crippen LogP contribution is -2.18. The van der Waals surface area contributed by atoms with E-state index in [4.69, 9.17) is 16.3 Å². The summed E-state index contributed by atoms with van der Waals surface area (Å²) in [6.45, 7) is 2.55. The second-order valence-electron chi connectivity index (χ2n) is 4.51. The van der Waals surface area contributed by atoms with E-state index >= 15 is 0 Å². The summed E-state index contributed by atoms with van der Waals surface area (Å²) in [5, 5.41) is 3.32. The molecule has 0 bridgehead atoms. The first-order valence-corrected chi connectivity index (χ1v) is 7.78. The second-order valence-corrected chi connectivity index (χ2v) is 5.77. The molecule has 0 radical (unpaired) electrons. The van der Waals surface area contributed by atoms with Crippen molar-refractivity contribution >= 4 is 27.5 Å². The fraction of sp³-hybridized carbons (Fsp3) is 0.250. The van der Waals surface area contributed by atoms with Gasteiger partial charge in [0, 0.05) is 4.47 Å². The van der Waals surface area contributed by atoms with Crippen molar-refractivity contribution in [1.29, 1.82) is 0 Å². The lowest BCUT2D eigenvalue weighted by atomic mass is 9.98. The van der Waals surface area contributed by atoms with Crippen LogP contribution in [0.1, 0.15) is 24.1 Å². The fourth-order valence-electron chi connectivity index (χ4n) is 2.19. The Morgan fingerprint density at radius 1 is 1.29 bits per heavy atom. The van der Waals surface area contributed by atoms with E-state index in [0.717, 1.165) is 21.3 Å². The lowest BCUT2D eigenvalue weighted by molar-refractivity contribution is 0.340. The van der Waals surface area contributed by atoms with Gasteiger partial charge in [-0.05, 0) is 49.4 Å². The van der Waals surface area contributed by atoms with Gasteiger partial charge in [0.05, 0.1) is 17.7 Å². The van der Waals surface area contributed by atoms with Crippen LogP contribution in [0.15, 0.2) is 40.9 Å². The minimum Gasteiger partial charge on any atom is -0.494 e. The van der Waals surface area contributed by atoms with Crippen molar-refractivity contribution < 1.29 is 9.13 Å². The van der Waals surface area contributed by atoms with Crippen LogP contribution in [-0.4, -0.2) is 13.7 Å². The smallest absolute Gasteiger partial charge is 0.142 e. The van der Waals surface area contributed by atoms with Gasteiger partial charge in [0.15, 0.2) is 0 Å². The zero-order valence-electron chi connectivity index (χ0n) is 11.8. The summed E-state index contributed by atoms with van der Waals surface area (Å²) in [7, 11) is 1.83. The minimum absolute atomic E-state index is 0.124. The maximum absolute atomic E-state index is 13.7. The molecule has 0 aliphatic rings. The molecule has 0 spiro atoms. The Balaban J connectivity index is 2.38. The van der Waals surface area contributed by atoms with Crippen molar-refractivity contribution in [3.05, 3.63) is 62.8 Å². The molecule has 21 heavy (non-hydrogen) atoms. The highest BCUT2D eigenvalue weighted by Gasteiger charge is 2.17. The molecule has 2 aromatic carbocycles. The normalized spacial score (nSPS) is 12.2.